The van der Waals surface area contributed by atoms with E-state index in [-0.39, 0.29) is 10.7 Å². The average molecular weight is 322 g/mol. The van der Waals surface area contributed by atoms with E-state index in [1.54, 1.807) is 45.8 Å². The van der Waals surface area contributed by atoms with Crippen molar-refractivity contribution in [2.45, 2.75) is 26.4 Å². The molecule has 0 aliphatic heterocycles. The molecule has 1 aromatic heterocycles. The Hall–Kier alpha value is -2.40. The monoisotopic (exact) mass is 322 g/mol. The quantitative estimate of drug-likeness (QED) is 0.228. The van der Waals surface area contributed by atoms with Crippen LogP contribution in [0.1, 0.15) is 25.6 Å². The second-order valence-electron chi connectivity index (χ2n) is 5.55. The molecule has 22 heavy (non-hydrogen) atoms. The Kier molecular flexibility index (Phi) is 5.65. The lowest BCUT2D eigenvalue weighted by molar-refractivity contribution is -0.149. The first-order valence-electron chi connectivity index (χ1n) is 6.37. The van der Waals surface area contributed by atoms with Gasteiger partial charge in [-0.2, -0.15) is 5.26 Å². The number of hydrogen-bond acceptors (Lipinski definition) is 7. The Morgan fingerprint density at radius 2 is 2.18 bits per heavy atom. The van der Waals surface area contributed by atoms with Crippen LogP contribution >= 0.6 is 11.3 Å². The number of esters is 1. The third kappa shape index (κ3) is 4.86. The maximum atomic E-state index is 12.0. The Labute approximate surface area is 133 Å². The molecule has 0 radical (unpaired) electrons. The molecule has 0 bridgehead atoms. The van der Waals surface area contributed by atoms with E-state index >= 15 is 0 Å². The highest BCUT2D eigenvalue weighted by molar-refractivity contribution is 7.11. The summed E-state index contributed by atoms with van der Waals surface area (Å²) in [6, 6.07) is 1.68. The van der Waals surface area contributed by atoms with Crippen molar-refractivity contribution in [3.8, 4) is 6.07 Å². The number of aliphatic imine (C=N–C) groups is 1. The first kappa shape index (κ1) is 17.7. The predicted octanol–water partition coefficient (Wildman–Crippen LogP) is 2.50. The van der Waals surface area contributed by atoms with Crippen molar-refractivity contribution in [2.75, 3.05) is 14.1 Å². The van der Waals surface area contributed by atoms with Crippen LogP contribution in [0.3, 0.4) is 0 Å². The van der Waals surface area contributed by atoms with Crippen molar-refractivity contribution in [3.63, 3.8) is 0 Å². The van der Waals surface area contributed by atoms with Gasteiger partial charge in [0.05, 0.1) is 11.8 Å². The smallest absolute Gasteiger partial charge is 0.353 e. The maximum Gasteiger partial charge on any atom is 0.353 e. The Morgan fingerprint density at radius 3 is 2.68 bits per heavy atom. The second kappa shape index (κ2) is 7.04. The highest BCUT2D eigenvalue weighted by Crippen LogP contribution is 2.30. The van der Waals surface area contributed by atoms with Gasteiger partial charge in [-0.25, -0.2) is 14.8 Å². The number of ether oxygens (including phenoxy) is 1. The summed E-state index contributed by atoms with van der Waals surface area (Å²) in [5, 5.41) is 19.4. The van der Waals surface area contributed by atoms with Gasteiger partial charge in [0.15, 0.2) is 17.2 Å². The molecule has 0 spiro atoms. The maximum absolute atomic E-state index is 12.0. The lowest BCUT2D eigenvalue weighted by Gasteiger charge is -2.19. The molecule has 1 rings (SSSR count). The summed E-state index contributed by atoms with van der Waals surface area (Å²) in [6.07, 6.45) is 1.51. The standard InChI is InChI=1S/C14H18N4O3S/c1-14(2,3)21-13(20)9(6-15)10(19)11-12(17-8-22-11)16-7-18(4)5/h7-8,19H,1-5H3/b10-9-,16-7+. The third-order valence-corrected chi connectivity index (χ3v) is 2.95. The summed E-state index contributed by atoms with van der Waals surface area (Å²) < 4.78 is 5.11. The summed E-state index contributed by atoms with van der Waals surface area (Å²) in [5.74, 6) is -1.14. The van der Waals surface area contributed by atoms with Gasteiger partial charge < -0.3 is 14.7 Å². The fourth-order valence-electron chi connectivity index (χ4n) is 1.30. The zero-order chi connectivity index (χ0) is 16.9. The molecule has 0 atom stereocenters. The number of aromatic nitrogens is 1. The summed E-state index contributed by atoms with van der Waals surface area (Å²) in [5.41, 5.74) is 0.234. The fraction of sp³-hybridized carbons (Fsp3) is 0.429. The van der Waals surface area contributed by atoms with E-state index in [1.807, 2.05) is 0 Å². The summed E-state index contributed by atoms with van der Waals surface area (Å²) in [4.78, 5) is 22.0. The predicted molar refractivity (Wildman–Crippen MR) is 85.0 cm³/mol. The molecular weight excluding hydrogens is 304 g/mol. The fourth-order valence-corrected chi connectivity index (χ4v) is 1.98. The van der Waals surface area contributed by atoms with Gasteiger partial charge in [-0.15, -0.1) is 11.3 Å². The van der Waals surface area contributed by atoms with Crippen molar-refractivity contribution in [3.05, 3.63) is 16.0 Å². The van der Waals surface area contributed by atoms with Gasteiger partial charge >= 0.3 is 5.97 Å². The second-order valence-corrected chi connectivity index (χ2v) is 6.41. The molecule has 0 aliphatic carbocycles. The van der Waals surface area contributed by atoms with Gasteiger partial charge in [-0.05, 0) is 20.8 Å². The molecule has 1 N–H and O–H groups in total. The molecule has 118 valence electrons. The highest BCUT2D eigenvalue weighted by atomic mass is 32.1. The van der Waals surface area contributed by atoms with Gasteiger partial charge in [0, 0.05) is 14.1 Å². The van der Waals surface area contributed by atoms with Crippen LogP contribution in [0.4, 0.5) is 5.82 Å². The van der Waals surface area contributed by atoms with E-state index in [1.165, 1.54) is 11.8 Å². The molecule has 0 unspecified atom stereocenters. The zero-order valence-electron chi connectivity index (χ0n) is 13.1. The molecule has 7 nitrogen and oxygen atoms in total. The number of carbonyl (C=O) groups is 1. The number of nitrogens with zero attached hydrogens (tertiary/aromatic N) is 4. The van der Waals surface area contributed by atoms with Crippen LogP contribution in [-0.4, -0.2) is 47.0 Å². The number of aliphatic hydroxyl groups is 1. The first-order chi connectivity index (χ1) is 10.2. The normalized spacial score (nSPS) is 12.7. The van der Waals surface area contributed by atoms with Crippen molar-refractivity contribution in [2.24, 2.45) is 4.99 Å². The SMILES string of the molecule is CN(C)/C=N/c1ncsc1/C(O)=C(\C#N)C(=O)OC(C)(C)C. The van der Waals surface area contributed by atoms with Crippen LogP contribution in [0.25, 0.3) is 5.76 Å². The van der Waals surface area contributed by atoms with Gasteiger partial charge in [-0.3, -0.25) is 0 Å². The summed E-state index contributed by atoms with van der Waals surface area (Å²) in [7, 11) is 3.57. The number of aliphatic hydroxyl groups excluding tert-OH is 1. The largest absolute Gasteiger partial charge is 0.505 e. The first-order valence-corrected chi connectivity index (χ1v) is 7.25. The Bertz CT molecular complexity index is 648. The highest BCUT2D eigenvalue weighted by Gasteiger charge is 2.25. The van der Waals surface area contributed by atoms with Crippen LogP contribution < -0.4 is 0 Å². The van der Waals surface area contributed by atoms with Gasteiger partial charge in [0.2, 0.25) is 0 Å². The minimum atomic E-state index is -0.886. The molecule has 1 heterocycles. The van der Waals surface area contributed by atoms with Gasteiger partial charge in [-0.1, -0.05) is 0 Å². The van der Waals surface area contributed by atoms with E-state index in [4.69, 9.17) is 10.00 Å². The summed E-state index contributed by atoms with van der Waals surface area (Å²) in [6.45, 7) is 5.03. The van der Waals surface area contributed by atoms with Crippen molar-refractivity contribution >= 4 is 35.2 Å². The van der Waals surface area contributed by atoms with Gasteiger partial charge in [0.1, 0.15) is 16.5 Å². The van der Waals surface area contributed by atoms with E-state index in [0.29, 0.717) is 0 Å². The third-order valence-electron chi connectivity index (χ3n) is 2.13. The Morgan fingerprint density at radius 1 is 1.55 bits per heavy atom. The van der Waals surface area contributed by atoms with Crippen molar-refractivity contribution in [1.82, 2.24) is 9.88 Å². The molecule has 8 heteroatoms. The van der Waals surface area contributed by atoms with E-state index in [2.05, 4.69) is 9.98 Å². The van der Waals surface area contributed by atoms with E-state index in [9.17, 15) is 9.90 Å². The summed E-state index contributed by atoms with van der Waals surface area (Å²) >= 11 is 1.08. The van der Waals surface area contributed by atoms with E-state index < -0.39 is 22.9 Å². The van der Waals surface area contributed by atoms with E-state index in [0.717, 1.165) is 11.3 Å². The van der Waals surface area contributed by atoms with Crippen LogP contribution in [0.5, 0.6) is 0 Å². The molecule has 1 aromatic rings. The van der Waals surface area contributed by atoms with Crippen LogP contribution in [-0.2, 0) is 9.53 Å². The van der Waals surface area contributed by atoms with Crippen LogP contribution in [0.15, 0.2) is 16.1 Å². The van der Waals surface area contributed by atoms with Gasteiger partial charge in [0.25, 0.3) is 0 Å². The van der Waals surface area contributed by atoms with Crippen molar-refractivity contribution in [1.29, 1.82) is 5.26 Å². The topological polar surface area (TPSA) is 98.8 Å². The number of rotatable bonds is 4. The van der Waals surface area contributed by atoms with Crippen molar-refractivity contribution < 1.29 is 14.6 Å². The lowest BCUT2D eigenvalue weighted by Crippen LogP contribution is -2.25. The minimum absolute atomic E-state index is 0.229. The number of thiazole rings is 1. The molecule has 0 saturated carbocycles. The Balaban J connectivity index is 3.21. The molecule has 0 aliphatic rings. The molecule has 0 saturated heterocycles. The molecule has 0 amide bonds. The molecule has 0 fully saturated rings. The van der Waals surface area contributed by atoms with Crippen LogP contribution in [0.2, 0.25) is 0 Å². The number of hydrogen-bond donors (Lipinski definition) is 1. The molecule has 0 aromatic carbocycles. The molecular formula is C14H18N4O3S. The minimum Gasteiger partial charge on any atom is -0.505 e. The van der Waals surface area contributed by atoms with Crippen LogP contribution in [0, 0.1) is 11.3 Å². The number of nitriles is 1. The average Bonchev–Trinajstić information content (AvgIpc) is 2.82. The lowest BCUT2D eigenvalue weighted by atomic mass is 10.1. The zero-order valence-corrected chi connectivity index (χ0v) is 13.9. The number of carbonyl (C=O) groups excluding carboxylic acids is 1.